The third-order valence-electron chi connectivity index (χ3n) is 6.85. The summed E-state index contributed by atoms with van der Waals surface area (Å²) in [5.41, 5.74) is -1.75. The summed E-state index contributed by atoms with van der Waals surface area (Å²) in [6, 6.07) is 0. The van der Waals surface area contributed by atoms with Crippen LogP contribution in [0.4, 0.5) is 0 Å². The van der Waals surface area contributed by atoms with Crippen molar-refractivity contribution >= 4 is 27.7 Å². The van der Waals surface area contributed by atoms with E-state index >= 15 is 0 Å². The van der Waals surface area contributed by atoms with E-state index in [-0.39, 0.29) is 27.9 Å². The van der Waals surface area contributed by atoms with E-state index in [4.69, 9.17) is 4.28 Å². The lowest BCUT2D eigenvalue weighted by Gasteiger charge is -2.36. The Balaban J connectivity index is 1.97. The third kappa shape index (κ3) is 4.12. The molecule has 2 aliphatic carbocycles. The largest absolute Gasteiger partial charge is 0.299 e. The van der Waals surface area contributed by atoms with Crippen molar-refractivity contribution in [3.05, 3.63) is 72.9 Å². The average Bonchev–Trinajstić information content (AvgIpc) is 3.06. The number of fused-ring (bicyclic) bond motifs is 2. The predicted octanol–water partition coefficient (Wildman–Crippen LogP) is 3.35. The van der Waals surface area contributed by atoms with Crippen LogP contribution in [0.2, 0.25) is 0 Å². The van der Waals surface area contributed by atoms with Crippen molar-refractivity contribution in [3.63, 3.8) is 0 Å². The lowest BCUT2D eigenvalue weighted by atomic mass is 9.70. The van der Waals surface area contributed by atoms with Crippen LogP contribution < -0.4 is 0 Å². The van der Waals surface area contributed by atoms with Gasteiger partial charge in [-0.3, -0.25) is 14.4 Å². The molecule has 170 valence electrons. The van der Waals surface area contributed by atoms with Crippen LogP contribution in [0.1, 0.15) is 33.1 Å². The Morgan fingerprint density at radius 3 is 2.50 bits per heavy atom. The second kappa shape index (κ2) is 8.60. The molecule has 0 saturated heterocycles. The molecular weight excluding hydrogens is 430 g/mol. The fraction of sp³-hybridized carbons (Fsp3) is 0.375. The smallest absolute Gasteiger partial charge is 0.289 e. The number of hydrogen-bond acceptors (Lipinski definition) is 6. The Hall–Kier alpha value is -2.84. The van der Waals surface area contributed by atoms with Gasteiger partial charge < -0.3 is 0 Å². The minimum atomic E-state index is -4.49. The van der Waals surface area contributed by atoms with Crippen molar-refractivity contribution in [1.29, 1.82) is 0 Å². The van der Waals surface area contributed by atoms with Gasteiger partial charge in [0.15, 0.2) is 0 Å². The van der Waals surface area contributed by atoms with Gasteiger partial charge in [-0.05, 0) is 42.4 Å². The van der Waals surface area contributed by atoms with Crippen molar-refractivity contribution in [1.82, 2.24) is 5.06 Å². The molecule has 2 saturated carbocycles. The van der Waals surface area contributed by atoms with Gasteiger partial charge in [-0.25, -0.2) is 0 Å². The monoisotopic (exact) mass is 457 g/mol. The van der Waals surface area contributed by atoms with Crippen LogP contribution in [0.25, 0.3) is 0 Å². The summed E-state index contributed by atoms with van der Waals surface area (Å²) in [6.07, 6.45) is 13.3. The molecule has 0 spiro atoms. The fourth-order valence-electron chi connectivity index (χ4n) is 4.79. The van der Waals surface area contributed by atoms with E-state index in [1.807, 2.05) is 13.8 Å². The summed E-state index contributed by atoms with van der Waals surface area (Å²) in [7, 11) is -4.49. The summed E-state index contributed by atoms with van der Waals surface area (Å²) in [6.45, 7) is 10.9. The van der Waals surface area contributed by atoms with Gasteiger partial charge >= 0.3 is 0 Å². The molecule has 1 heterocycles. The summed E-state index contributed by atoms with van der Waals surface area (Å²) >= 11 is 0. The van der Waals surface area contributed by atoms with Crippen molar-refractivity contribution in [3.8, 4) is 0 Å². The Morgan fingerprint density at radius 2 is 1.91 bits per heavy atom. The van der Waals surface area contributed by atoms with Crippen molar-refractivity contribution in [2.75, 3.05) is 5.75 Å². The molecule has 0 radical (unpaired) electrons. The minimum absolute atomic E-state index is 0.00386. The Bertz CT molecular complexity index is 1110. The first-order chi connectivity index (χ1) is 14.9. The van der Waals surface area contributed by atoms with Gasteiger partial charge in [-0.1, -0.05) is 57.4 Å². The number of carbonyl (C=O) groups is 3. The quantitative estimate of drug-likeness (QED) is 0.345. The maximum atomic E-state index is 13.1. The molecule has 1 aliphatic heterocycles. The number of Topliss-reactive ketones (excluding diaryl/α,β-unsaturated/α-hetero) is 1. The molecule has 3 aliphatic rings. The maximum absolute atomic E-state index is 13.1. The number of allylic oxidation sites excluding steroid dienone is 6. The van der Waals surface area contributed by atoms with Gasteiger partial charge in [-0.15, -0.1) is 9.35 Å². The Labute approximate surface area is 188 Å². The van der Waals surface area contributed by atoms with Crippen LogP contribution in [-0.2, 0) is 28.8 Å². The minimum Gasteiger partial charge on any atom is -0.299 e. The van der Waals surface area contributed by atoms with E-state index in [2.05, 4.69) is 13.2 Å². The van der Waals surface area contributed by atoms with E-state index in [1.54, 1.807) is 12.2 Å². The number of hydrogen-bond donors (Lipinski definition) is 0. The van der Waals surface area contributed by atoms with Gasteiger partial charge in [-0.2, -0.15) is 8.42 Å². The fourth-order valence-corrected chi connectivity index (χ4v) is 6.49. The highest BCUT2D eigenvalue weighted by Crippen LogP contribution is 2.64. The van der Waals surface area contributed by atoms with Crippen molar-refractivity contribution < 1.29 is 27.1 Å². The zero-order valence-corrected chi connectivity index (χ0v) is 19.1. The van der Waals surface area contributed by atoms with Crippen LogP contribution in [0, 0.1) is 16.7 Å². The highest BCUT2D eigenvalue weighted by Gasteiger charge is 2.65. The van der Waals surface area contributed by atoms with E-state index in [0.29, 0.717) is 12.8 Å². The SMILES string of the molecule is C=C\C=C/C1=C\C=C/C=C\C(=C)C(=O)N(OS(=O)(=O)CC23CCC(CC2=O)C3(C)C)C1=O. The molecular formula is C24H27NO6S. The van der Waals surface area contributed by atoms with Gasteiger partial charge in [0.05, 0.1) is 11.2 Å². The van der Waals surface area contributed by atoms with E-state index < -0.39 is 38.5 Å². The maximum Gasteiger partial charge on any atom is 0.289 e. The lowest BCUT2D eigenvalue weighted by Crippen LogP contribution is -2.46. The zero-order valence-electron chi connectivity index (χ0n) is 18.2. The second-order valence-corrected chi connectivity index (χ2v) is 10.4. The molecule has 2 unspecified atom stereocenters. The van der Waals surface area contributed by atoms with Gasteiger partial charge in [0, 0.05) is 17.6 Å². The van der Waals surface area contributed by atoms with Gasteiger partial charge in [0.1, 0.15) is 5.78 Å². The van der Waals surface area contributed by atoms with Crippen LogP contribution in [0.3, 0.4) is 0 Å². The number of imide groups is 1. The topological polar surface area (TPSA) is 97.8 Å². The third-order valence-corrected chi connectivity index (χ3v) is 8.07. The van der Waals surface area contributed by atoms with Gasteiger partial charge in [0.25, 0.3) is 21.9 Å². The van der Waals surface area contributed by atoms with E-state index in [1.165, 1.54) is 36.5 Å². The average molecular weight is 458 g/mol. The first kappa shape index (κ1) is 23.8. The molecule has 0 aromatic rings. The lowest BCUT2D eigenvalue weighted by molar-refractivity contribution is -0.165. The molecule has 32 heavy (non-hydrogen) atoms. The number of ketones is 1. The van der Waals surface area contributed by atoms with E-state index in [9.17, 15) is 22.8 Å². The molecule has 7 nitrogen and oxygen atoms in total. The summed E-state index contributed by atoms with van der Waals surface area (Å²) in [4.78, 5) is 38.7. The Morgan fingerprint density at radius 1 is 1.19 bits per heavy atom. The summed E-state index contributed by atoms with van der Waals surface area (Å²) in [5, 5.41) is 0.204. The number of amides is 2. The molecule has 0 aromatic carbocycles. The number of carbonyl (C=O) groups excluding carboxylic acids is 3. The van der Waals surface area contributed by atoms with Crippen molar-refractivity contribution in [2.24, 2.45) is 16.7 Å². The molecule has 2 fully saturated rings. The van der Waals surface area contributed by atoms with Crippen LogP contribution in [-0.4, -0.2) is 36.8 Å². The molecule has 2 atom stereocenters. The zero-order chi connectivity index (χ0) is 23.7. The Kier molecular flexibility index (Phi) is 6.40. The molecule has 2 bridgehead atoms. The van der Waals surface area contributed by atoms with Crippen LogP contribution in [0.15, 0.2) is 72.9 Å². The summed E-state index contributed by atoms with van der Waals surface area (Å²) < 4.78 is 31.3. The second-order valence-electron chi connectivity index (χ2n) is 8.83. The number of rotatable bonds is 6. The van der Waals surface area contributed by atoms with Crippen LogP contribution >= 0.6 is 0 Å². The predicted molar refractivity (Wildman–Crippen MR) is 120 cm³/mol. The standard InChI is InChI=1S/C24H27NO6S/c1-5-6-11-18-12-9-7-8-10-17(2)21(27)25(22(18)28)31-32(29,30)16-24-14-13-19(15-20(24)26)23(24,3)4/h5-12,19H,1-2,13-16H2,3-4H3/b9-7-,10-8-,11-6-,18-12+. The van der Waals surface area contributed by atoms with Crippen molar-refractivity contribution in [2.45, 2.75) is 33.1 Å². The highest BCUT2D eigenvalue weighted by atomic mass is 32.2. The first-order valence-electron chi connectivity index (χ1n) is 10.3. The highest BCUT2D eigenvalue weighted by molar-refractivity contribution is 7.86. The number of nitrogens with zero attached hydrogens (tertiary/aromatic N) is 1. The number of hydroxylamine groups is 2. The van der Waals surface area contributed by atoms with Gasteiger partial charge in [0.2, 0.25) is 0 Å². The molecule has 0 N–H and O–H groups in total. The molecule has 2 amide bonds. The van der Waals surface area contributed by atoms with E-state index in [0.717, 1.165) is 6.42 Å². The molecule has 0 aromatic heterocycles. The first-order valence-corrected chi connectivity index (χ1v) is 11.9. The molecule has 8 heteroatoms. The normalized spacial score (nSPS) is 31.6. The summed E-state index contributed by atoms with van der Waals surface area (Å²) in [5.74, 6) is -2.59. The van der Waals surface area contributed by atoms with Crippen LogP contribution in [0.5, 0.6) is 0 Å². The molecule has 3 rings (SSSR count).